The standard InChI is InChI=1S/C17H25N7O/c1-13-3-5-14(6-4-13)10-19-17(25)23(2)16-9-15(7-8-18-16)11-24-12-20-21-22-24/h7-9,12-14H,3-6,10-11H2,1-2H3,(H,19,25). The van der Waals surface area contributed by atoms with Crippen LogP contribution < -0.4 is 10.2 Å². The number of carbonyl (C=O) groups is 1. The van der Waals surface area contributed by atoms with Crippen LogP contribution >= 0.6 is 0 Å². The molecule has 0 saturated heterocycles. The molecule has 3 rings (SSSR count). The van der Waals surface area contributed by atoms with Gasteiger partial charge in [-0.05, 0) is 52.8 Å². The van der Waals surface area contributed by atoms with Gasteiger partial charge in [-0.1, -0.05) is 19.8 Å². The van der Waals surface area contributed by atoms with Crippen molar-refractivity contribution in [2.24, 2.45) is 11.8 Å². The van der Waals surface area contributed by atoms with Gasteiger partial charge in [0.1, 0.15) is 12.1 Å². The lowest BCUT2D eigenvalue weighted by Gasteiger charge is -2.27. The summed E-state index contributed by atoms with van der Waals surface area (Å²) in [6, 6.07) is 3.65. The number of tetrazole rings is 1. The van der Waals surface area contributed by atoms with E-state index < -0.39 is 0 Å². The Hall–Kier alpha value is -2.51. The summed E-state index contributed by atoms with van der Waals surface area (Å²) in [5.74, 6) is 2.02. The van der Waals surface area contributed by atoms with Gasteiger partial charge in [-0.15, -0.1) is 5.10 Å². The second-order valence-electron chi connectivity index (χ2n) is 6.90. The van der Waals surface area contributed by atoms with Gasteiger partial charge in [-0.2, -0.15) is 0 Å². The Morgan fingerprint density at radius 3 is 2.88 bits per heavy atom. The van der Waals surface area contributed by atoms with Crippen molar-refractivity contribution in [2.45, 2.75) is 39.2 Å². The summed E-state index contributed by atoms with van der Waals surface area (Å²) in [6.45, 7) is 3.58. The number of anilines is 1. The molecule has 0 aromatic carbocycles. The molecule has 2 amide bonds. The number of carbonyl (C=O) groups excluding carboxylic acids is 1. The fourth-order valence-corrected chi connectivity index (χ4v) is 3.17. The van der Waals surface area contributed by atoms with Gasteiger partial charge in [0.2, 0.25) is 0 Å². The van der Waals surface area contributed by atoms with Gasteiger partial charge in [-0.3, -0.25) is 4.90 Å². The van der Waals surface area contributed by atoms with Crippen LogP contribution in [0.1, 0.15) is 38.2 Å². The number of nitrogens with one attached hydrogen (secondary N) is 1. The second kappa shape index (κ2) is 8.04. The van der Waals surface area contributed by atoms with Crippen LogP contribution in [0.15, 0.2) is 24.7 Å². The van der Waals surface area contributed by atoms with Crippen LogP contribution in [0, 0.1) is 11.8 Å². The number of pyridine rings is 1. The van der Waals surface area contributed by atoms with E-state index in [0.717, 1.165) is 18.0 Å². The predicted molar refractivity (Wildman–Crippen MR) is 94.1 cm³/mol. The van der Waals surface area contributed by atoms with Gasteiger partial charge in [-0.25, -0.2) is 14.5 Å². The Kier molecular flexibility index (Phi) is 5.57. The maximum absolute atomic E-state index is 12.4. The van der Waals surface area contributed by atoms with Crippen molar-refractivity contribution >= 4 is 11.8 Å². The van der Waals surface area contributed by atoms with E-state index in [4.69, 9.17) is 0 Å². The molecule has 1 saturated carbocycles. The van der Waals surface area contributed by atoms with E-state index in [0.29, 0.717) is 18.3 Å². The second-order valence-corrected chi connectivity index (χ2v) is 6.90. The van der Waals surface area contributed by atoms with Gasteiger partial charge in [0.05, 0.1) is 6.54 Å². The highest BCUT2D eigenvalue weighted by atomic mass is 16.2. The van der Waals surface area contributed by atoms with Crippen LogP contribution in [0.4, 0.5) is 10.6 Å². The van der Waals surface area contributed by atoms with Gasteiger partial charge in [0, 0.05) is 19.8 Å². The van der Waals surface area contributed by atoms with E-state index in [-0.39, 0.29) is 6.03 Å². The minimum Gasteiger partial charge on any atom is -0.337 e. The van der Waals surface area contributed by atoms with Crippen LogP contribution in [0.3, 0.4) is 0 Å². The molecule has 2 aromatic heterocycles. The first kappa shape index (κ1) is 17.3. The molecule has 0 atom stereocenters. The molecule has 1 aliphatic rings. The Morgan fingerprint density at radius 2 is 2.16 bits per heavy atom. The third-order valence-electron chi connectivity index (χ3n) is 4.87. The van der Waals surface area contributed by atoms with E-state index in [9.17, 15) is 4.79 Å². The molecular weight excluding hydrogens is 318 g/mol. The summed E-state index contributed by atoms with van der Waals surface area (Å²) in [7, 11) is 1.74. The van der Waals surface area contributed by atoms with Crippen molar-refractivity contribution in [1.82, 2.24) is 30.5 Å². The number of nitrogens with zero attached hydrogens (tertiary/aromatic N) is 6. The average Bonchev–Trinajstić information content (AvgIpc) is 3.13. The molecule has 25 heavy (non-hydrogen) atoms. The fraction of sp³-hybridized carbons (Fsp3) is 0.588. The number of aromatic nitrogens is 5. The largest absolute Gasteiger partial charge is 0.337 e. The van der Waals surface area contributed by atoms with Crippen molar-refractivity contribution in [1.29, 1.82) is 0 Å². The van der Waals surface area contributed by atoms with Crippen LogP contribution in [-0.4, -0.2) is 44.8 Å². The first-order chi connectivity index (χ1) is 12.1. The Labute approximate surface area is 147 Å². The summed E-state index contributed by atoms with van der Waals surface area (Å²) in [5.41, 5.74) is 0.984. The third-order valence-corrected chi connectivity index (χ3v) is 4.87. The minimum absolute atomic E-state index is 0.120. The average molecular weight is 343 g/mol. The highest BCUT2D eigenvalue weighted by molar-refractivity contribution is 5.90. The summed E-state index contributed by atoms with van der Waals surface area (Å²) < 4.78 is 1.63. The molecule has 1 N–H and O–H groups in total. The first-order valence-corrected chi connectivity index (χ1v) is 8.79. The van der Waals surface area contributed by atoms with Crippen LogP contribution in [0.25, 0.3) is 0 Å². The SMILES string of the molecule is CC1CCC(CNC(=O)N(C)c2cc(Cn3cnnn3)ccn2)CC1. The highest BCUT2D eigenvalue weighted by Crippen LogP contribution is 2.27. The smallest absolute Gasteiger partial charge is 0.322 e. The van der Waals surface area contributed by atoms with E-state index in [1.54, 1.807) is 29.2 Å². The fourth-order valence-electron chi connectivity index (χ4n) is 3.17. The summed E-state index contributed by atoms with van der Waals surface area (Å²) in [5, 5.41) is 14.1. The molecule has 0 radical (unpaired) electrons. The molecule has 0 unspecified atom stereocenters. The summed E-state index contributed by atoms with van der Waals surface area (Å²) in [4.78, 5) is 18.3. The normalized spacial score (nSPS) is 20.2. The summed E-state index contributed by atoms with van der Waals surface area (Å²) in [6.07, 6.45) is 8.17. The summed E-state index contributed by atoms with van der Waals surface area (Å²) >= 11 is 0. The molecule has 8 heteroatoms. The van der Waals surface area contributed by atoms with Gasteiger partial charge in [0.25, 0.3) is 0 Å². The highest BCUT2D eigenvalue weighted by Gasteiger charge is 2.20. The zero-order chi connectivity index (χ0) is 17.6. The molecule has 1 aliphatic carbocycles. The van der Waals surface area contributed by atoms with Crippen molar-refractivity contribution in [3.63, 3.8) is 0 Å². The molecule has 2 aromatic rings. The zero-order valence-corrected chi connectivity index (χ0v) is 14.8. The number of hydrogen-bond donors (Lipinski definition) is 1. The lowest BCUT2D eigenvalue weighted by Crippen LogP contribution is -2.40. The van der Waals surface area contributed by atoms with Gasteiger partial charge in [0.15, 0.2) is 0 Å². The lowest BCUT2D eigenvalue weighted by atomic mass is 9.83. The Balaban J connectivity index is 1.54. The minimum atomic E-state index is -0.120. The quantitative estimate of drug-likeness (QED) is 0.898. The molecule has 0 aliphatic heterocycles. The predicted octanol–water partition coefficient (Wildman–Crippen LogP) is 2.09. The zero-order valence-electron chi connectivity index (χ0n) is 14.8. The third kappa shape index (κ3) is 4.74. The molecule has 1 fully saturated rings. The van der Waals surface area contributed by atoms with Crippen LogP contribution in [0.2, 0.25) is 0 Å². The van der Waals surface area contributed by atoms with Crippen molar-refractivity contribution in [3.8, 4) is 0 Å². The Morgan fingerprint density at radius 1 is 1.36 bits per heavy atom. The Bertz CT molecular complexity index is 680. The molecule has 8 nitrogen and oxygen atoms in total. The van der Waals surface area contributed by atoms with Crippen LogP contribution in [0.5, 0.6) is 0 Å². The van der Waals surface area contributed by atoms with E-state index >= 15 is 0 Å². The number of hydrogen-bond acceptors (Lipinski definition) is 5. The molecular formula is C17H25N7O. The number of amides is 2. The van der Waals surface area contributed by atoms with Crippen LogP contribution in [-0.2, 0) is 6.54 Å². The van der Waals surface area contributed by atoms with Crippen molar-refractivity contribution < 1.29 is 4.79 Å². The number of urea groups is 1. The van der Waals surface area contributed by atoms with E-state index in [1.165, 1.54) is 25.7 Å². The number of rotatable bonds is 5. The first-order valence-electron chi connectivity index (χ1n) is 8.79. The topological polar surface area (TPSA) is 88.8 Å². The van der Waals surface area contributed by atoms with Crippen molar-refractivity contribution in [2.75, 3.05) is 18.5 Å². The molecule has 2 heterocycles. The maximum Gasteiger partial charge on any atom is 0.322 e. The van der Waals surface area contributed by atoms with Gasteiger partial charge >= 0.3 is 6.03 Å². The maximum atomic E-state index is 12.4. The van der Waals surface area contributed by atoms with E-state index in [2.05, 4.69) is 32.7 Å². The van der Waals surface area contributed by atoms with E-state index in [1.807, 2.05) is 12.1 Å². The monoisotopic (exact) mass is 343 g/mol. The molecule has 0 spiro atoms. The van der Waals surface area contributed by atoms with Crippen molar-refractivity contribution in [3.05, 3.63) is 30.2 Å². The molecule has 134 valence electrons. The lowest BCUT2D eigenvalue weighted by molar-refractivity contribution is 0.238. The molecule has 0 bridgehead atoms. The van der Waals surface area contributed by atoms with Gasteiger partial charge < -0.3 is 5.32 Å².